The summed E-state index contributed by atoms with van der Waals surface area (Å²) in [4.78, 5) is 4.30. The normalized spacial score (nSPS) is 10.7. The van der Waals surface area contributed by atoms with Gasteiger partial charge in [-0.15, -0.1) is 0 Å². The van der Waals surface area contributed by atoms with Crippen LogP contribution in [0.25, 0.3) is 0 Å². The quantitative estimate of drug-likeness (QED) is 0.851. The molecule has 84 valence electrons. The number of hydrogen-bond donors (Lipinski definition) is 1. The minimum atomic E-state index is 0.534. The second kappa shape index (κ2) is 4.49. The first-order chi connectivity index (χ1) is 7.72. The number of nitrogens with zero attached hydrogens (tertiary/aromatic N) is 2. The summed E-state index contributed by atoms with van der Waals surface area (Å²) in [7, 11) is 0. The fourth-order valence-corrected chi connectivity index (χ4v) is 1.85. The van der Waals surface area contributed by atoms with Crippen molar-refractivity contribution in [2.45, 2.75) is 26.9 Å². The van der Waals surface area contributed by atoms with E-state index < -0.39 is 0 Å². The summed E-state index contributed by atoms with van der Waals surface area (Å²) >= 11 is 0. The molecule has 0 amide bonds. The van der Waals surface area contributed by atoms with Crippen molar-refractivity contribution < 1.29 is 0 Å². The van der Waals surface area contributed by atoms with Crippen molar-refractivity contribution in [3.8, 4) is 0 Å². The summed E-state index contributed by atoms with van der Waals surface area (Å²) in [5.74, 6) is 1.02. The van der Waals surface area contributed by atoms with Crippen molar-refractivity contribution in [2.24, 2.45) is 5.73 Å². The first-order valence-corrected chi connectivity index (χ1v) is 5.48. The van der Waals surface area contributed by atoms with Crippen molar-refractivity contribution in [3.05, 3.63) is 53.1 Å². The van der Waals surface area contributed by atoms with Crippen molar-refractivity contribution >= 4 is 0 Å². The predicted octanol–water partition coefficient (Wildman–Crippen LogP) is 2.01. The molecular formula is C13H17N3. The van der Waals surface area contributed by atoms with Crippen LogP contribution in [0.15, 0.2) is 30.5 Å². The molecule has 2 N–H and O–H groups in total. The third-order valence-corrected chi connectivity index (χ3v) is 2.94. The maximum absolute atomic E-state index is 5.69. The van der Waals surface area contributed by atoms with Gasteiger partial charge in [-0.3, -0.25) is 0 Å². The zero-order valence-electron chi connectivity index (χ0n) is 9.77. The maximum atomic E-state index is 5.69. The lowest BCUT2D eigenvalue weighted by Gasteiger charge is -2.11. The van der Waals surface area contributed by atoms with Gasteiger partial charge in [0.2, 0.25) is 0 Å². The van der Waals surface area contributed by atoms with Crippen molar-refractivity contribution in [1.82, 2.24) is 9.55 Å². The molecule has 1 aromatic heterocycles. The third kappa shape index (κ3) is 1.99. The molecule has 0 radical (unpaired) electrons. The average molecular weight is 215 g/mol. The zero-order chi connectivity index (χ0) is 11.5. The molecule has 1 heterocycles. The first kappa shape index (κ1) is 10.9. The molecule has 0 bridgehead atoms. The Bertz CT molecular complexity index is 486. The summed E-state index contributed by atoms with van der Waals surface area (Å²) in [6.45, 7) is 5.53. The van der Waals surface area contributed by atoms with E-state index in [-0.39, 0.29) is 0 Å². The Morgan fingerprint density at radius 1 is 1.25 bits per heavy atom. The van der Waals surface area contributed by atoms with Gasteiger partial charge >= 0.3 is 0 Å². The molecule has 0 aliphatic rings. The number of rotatable bonds is 3. The highest BCUT2D eigenvalue weighted by atomic mass is 15.1. The van der Waals surface area contributed by atoms with Gasteiger partial charge in [-0.05, 0) is 25.0 Å². The Hall–Kier alpha value is -1.61. The smallest absolute Gasteiger partial charge is 0.106 e. The van der Waals surface area contributed by atoms with Gasteiger partial charge in [0.1, 0.15) is 5.82 Å². The van der Waals surface area contributed by atoms with Crippen LogP contribution in [0.3, 0.4) is 0 Å². The lowest BCUT2D eigenvalue weighted by atomic mass is 10.1. The monoisotopic (exact) mass is 215 g/mol. The van der Waals surface area contributed by atoms with Crippen LogP contribution in [0.2, 0.25) is 0 Å². The minimum absolute atomic E-state index is 0.534. The van der Waals surface area contributed by atoms with Crippen LogP contribution in [0, 0.1) is 13.8 Å². The van der Waals surface area contributed by atoms with Crippen LogP contribution in [-0.2, 0) is 13.1 Å². The van der Waals surface area contributed by atoms with Gasteiger partial charge in [-0.2, -0.15) is 0 Å². The number of imidazole rings is 1. The van der Waals surface area contributed by atoms with E-state index in [2.05, 4.69) is 40.7 Å². The molecule has 0 spiro atoms. The Labute approximate surface area is 95.9 Å². The van der Waals surface area contributed by atoms with Gasteiger partial charge in [-0.25, -0.2) is 4.98 Å². The van der Waals surface area contributed by atoms with Gasteiger partial charge in [0.15, 0.2) is 0 Å². The molecule has 0 unspecified atom stereocenters. The van der Waals surface area contributed by atoms with Gasteiger partial charge in [-0.1, -0.05) is 24.3 Å². The van der Waals surface area contributed by atoms with Crippen LogP contribution >= 0.6 is 0 Å². The van der Waals surface area contributed by atoms with Gasteiger partial charge < -0.3 is 10.3 Å². The summed E-state index contributed by atoms with van der Waals surface area (Å²) in [6, 6.07) is 8.40. The highest BCUT2D eigenvalue weighted by Crippen LogP contribution is 2.12. The van der Waals surface area contributed by atoms with E-state index >= 15 is 0 Å². The molecule has 1 aromatic carbocycles. The van der Waals surface area contributed by atoms with E-state index in [9.17, 15) is 0 Å². The Kier molecular flexibility index (Phi) is 3.06. The van der Waals surface area contributed by atoms with E-state index in [0.717, 1.165) is 18.1 Å². The molecule has 16 heavy (non-hydrogen) atoms. The van der Waals surface area contributed by atoms with E-state index in [4.69, 9.17) is 5.73 Å². The summed E-state index contributed by atoms with van der Waals surface area (Å²) in [5, 5.41) is 0. The summed E-state index contributed by atoms with van der Waals surface area (Å²) < 4.78 is 2.17. The highest BCUT2D eigenvalue weighted by Gasteiger charge is 2.06. The van der Waals surface area contributed by atoms with Crippen molar-refractivity contribution in [1.29, 1.82) is 0 Å². The Morgan fingerprint density at radius 2 is 2.00 bits per heavy atom. The van der Waals surface area contributed by atoms with Crippen LogP contribution in [-0.4, -0.2) is 9.55 Å². The molecule has 0 atom stereocenters. The largest absolute Gasteiger partial charge is 0.327 e. The molecule has 0 aliphatic carbocycles. The van der Waals surface area contributed by atoms with Gasteiger partial charge in [0, 0.05) is 19.3 Å². The molecular weight excluding hydrogens is 198 g/mol. The number of hydrogen-bond acceptors (Lipinski definition) is 2. The Balaban J connectivity index is 2.33. The van der Waals surface area contributed by atoms with Crippen LogP contribution < -0.4 is 5.73 Å². The lowest BCUT2D eigenvalue weighted by molar-refractivity contribution is 0.710. The van der Waals surface area contributed by atoms with Crippen molar-refractivity contribution in [2.75, 3.05) is 0 Å². The maximum Gasteiger partial charge on any atom is 0.106 e. The fraction of sp³-hybridized carbons (Fsp3) is 0.308. The molecule has 0 aliphatic heterocycles. The molecule has 0 saturated heterocycles. The zero-order valence-corrected chi connectivity index (χ0v) is 9.77. The molecule has 3 heteroatoms. The fourth-order valence-electron chi connectivity index (χ4n) is 1.85. The molecule has 2 aromatic rings. The van der Waals surface area contributed by atoms with E-state index in [1.54, 1.807) is 0 Å². The average Bonchev–Trinajstić information content (AvgIpc) is 2.63. The Morgan fingerprint density at radius 3 is 2.69 bits per heavy atom. The van der Waals surface area contributed by atoms with E-state index in [1.165, 1.54) is 11.1 Å². The minimum Gasteiger partial charge on any atom is -0.327 e. The number of nitrogens with two attached hydrogens (primary N) is 1. The molecule has 0 fully saturated rings. The SMILES string of the molecule is Cc1ccccc1Cn1c(CN)cnc1C. The van der Waals surface area contributed by atoms with Crippen LogP contribution in [0.4, 0.5) is 0 Å². The summed E-state index contributed by atoms with van der Waals surface area (Å²) in [5.41, 5.74) is 9.40. The van der Waals surface area contributed by atoms with Crippen LogP contribution in [0.5, 0.6) is 0 Å². The standard InChI is InChI=1S/C13H17N3/c1-10-5-3-4-6-12(10)9-16-11(2)15-8-13(16)7-14/h3-6,8H,7,9,14H2,1-2H3. The number of aromatic nitrogens is 2. The summed E-state index contributed by atoms with van der Waals surface area (Å²) in [6.07, 6.45) is 1.85. The van der Waals surface area contributed by atoms with Crippen molar-refractivity contribution in [3.63, 3.8) is 0 Å². The second-order valence-corrected chi connectivity index (χ2v) is 4.01. The second-order valence-electron chi connectivity index (χ2n) is 4.01. The van der Waals surface area contributed by atoms with E-state index in [1.807, 2.05) is 13.1 Å². The van der Waals surface area contributed by atoms with Gasteiger partial charge in [0.25, 0.3) is 0 Å². The first-order valence-electron chi connectivity index (χ1n) is 5.48. The lowest BCUT2D eigenvalue weighted by Crippen LogP contribution is -2.10. The number of aryl methyl sites for hydroxylation is 2. The predicted molar refractivity (Wildman–Crippen MR) is 65.1 cm³/mol. The highest BCUT2D eigenvalue weighted by molar-refractivity contribution is 5.26. The third-order valence-electron chi connectivity index (χ3n) is 2.94. The van der Waals surface area contributed by atoms with Gasteiger partial charge in [0.05, 0.1) is 5.69 Å². The van der Waals surface area contributed by atoms with Crippen LogP contribution in [0.1, 0.15) is 22.6 Å². The molecule has 0 saturated carbocycles. The molecule has 2 rings (SSSR count). The van der Waals surface area contributed by atoms with E-state index in [0.29, 0.717) is 6.54 Å². The molecule has 3 nitrogen and oxygen atoms in total. The number of benzene rings is 1. The topological polar surface area (TPSA) is 43.8 Å².